The van der Waals surface area contributed by atoms with Crippen LogP contribution in [-0.2, 0) is 0 Å². The third kappa shape index (κ3) is 0.843. The predicted octanol–water partition coefficient (Wildman–Crippen LogP) is 0.508. The zero-order chi connectivity index (χ0) is 8.88. The highest BCUT2D eigenvalue weighted by atomic mass is 16.4. The number of hydrogen-bond donors (Lipinski definition) is 2. The van der Waals surface area contributed by atoms with Gasteiger partial charge >= 0.3 is 6.09 Å². The fourth-order valence-corrected chi connectivity index (χ4v) is 2.64. The van der Waals surface area contributed by atoms with Gasteiger partial charge < -0.3 is 15.1 Å². The molecule has 2 aliphatic rings. The largest absolute Gasteiger partial charge is 0.465 e. The molecule has 2 N–H and O–H groups in total. The van der Waals surface area contributed by atoms with E-state index < -0.39 is 6.09 Å². The van der Waals surface area contributed by atoms with Crippen molar-refractivity contribution < 1.29 is 15.0 Å². The van der Waals surface area contributed by atoms with E-state index in [0.717, 1.165) is 6.42 Å². The standard InChI is InChI=1S/C8H13NO3/c1-4-6-2-5(3-7(6)10)9(4)8(11)12/h4-7,10H,2-3H2,1H3,(H,11,12)/t4-,5+,6+,7-/m1/s1. The topological polar surface area (TPSA) is 60.8 Å². The van der Waals surface area contributed by atoms with Crippen molar-refractivity contribution in [1.82, 2.24) is 4.90 Å². The van der Waals surface area contributed by atoms with E-state index in [1.807, 2.05) is 6.92 Å². The van der Waals surface area contributed by atoms with Gasteiger partial charge in [-0.3, -0.25) is 0 Å². The van der Waals surface area contributed by atoms with Crippen molar-refractivity contribution in [1.29, 1.82) is 0 Å². The molecule has 0 aromatic heterocycles. The van der Waals surface area contributed by atoms with Crippen LogP contribution in [0.2, 0.25) is 0 Å². The molecular formula is C8H13NO3. The summed E-state index contributed by atoms with van der Waals surface area (Å²) in [6.45, 7) is 1.88. The minimum absolute atomic E-state index is 0.00347. The van der Waals surface area contributed by atoms with Gasteiger partial charge in [-0.25, -0.2) is 4.79 Å². The summed E-state index contributed by atoms with van der Waals surface area (Å²) in [5.41, 5.74) is 0. The Hall–Kier alpha value is -0.770. The van der Waals surface area contributed by atoms with Crippen LogP contribution in [0.15, 0.2) is 0 Å². The Morgan fingerprint density at radius 3 is 2.58 bits per heavy atom. The molecule has 0 aromatic rings. The number of rotatable bonds is 0. The summed E-state index contributed by atoms with van der Waals surface area (Å²) in [6.07, 6.45) is 0.346. The van der Waals surface area contributed by atoms with Gasteiger partial charge in [0.15, 0.2) is 0 Å². The third-order valence-electron chi connectivity index (χ3n) is 3.22. The SMILES string of the molecule is C[C@@H]1[C@@H]2C[C@@H](C[C@H]2O)N1C(=O)O. The molecule has 4 heteroatoms. The number of piperidine rings is 1. The van der Waals surface area contributed by atoms with Crippen LogP contribution in [0, 0.1) is 5.92 Å². The van der Waals surface area contributed by atoms with Crippen LogP contribution < -0.4 is 0 Å². The molecule has 2 rings (SSSR count). The van der Waals surface area contributed by atoms with Crippen LogP contribution in [0.3, 0.4) is 0 Å². The van der Waals surface area contributed by atoms with E-state index in [2.05, 4.69) is 0 Å². The van der Waals surface area contributed by atoms with Crippen LogP contribution >= 0.6 is 0 Å². The fraction of sp³-hybridized carbons (Fsp3) is 0.875. The van der Waals surface area contributed by atoms with Crippen molar-refractivity contribution in [3.63, 3.8) is 0 Å². The quantitative estimate of drug-likeness (QED) is 0.558. The number of nitrogens with zero attached hydrogens (tertiary/aromatic N) is 1. The van der Waals surface area contributed by atoms with Gasteiger partial charge in [0, 0.05) is 18.0 Å². The fourth-order valence-electron chi connectivity index (χ4n) is 2.64. The normalized spacial score (nSPS) is 45.3. The van der Waals surface area contributed by atoms with Gasteiger partial charge in [-0.05, 0) is 19.8 Å². The smallest absolute Gasteiger partial charge is 0.407 e. The first-order valence-electron chi connectivity index (χ1n) is 4.30. The molecule has 0 unspecified atom stereocenters. The van der Waals surface area contributed by atoms with Gasteiger partial charge in [-0.1, -0.05) is 0 Å². The first-order valence-corrected chi connectivity index (χ1v) is 4.30. The number of carboxylic acid groups (broad SMARTS) is 1. The van der Waals surface area contributed by atoms with Crippen molar-refractivity contribution in [3.8, 4) is 0 Å². The van der Waals surface area contributed by atoms with Crippen molar-refractivity contribution >= 4 is 6.09 Å². The van der Waals surface area contributed by atoms with Gasteiger partial charge in [0.25, 0.3) is 0 Å². The molecule has 2 fully saturated rings. The number of aliphatic hydroxyl groups excluding tert-OH is 1. The molecule has 1 saturated heterocycles. The van der Waals surface area contributed by atoms with E-state index in [1.54, 1.807) is 0 Å². The maximum Gasteiger partial charge on any atom is 0.407 e. The summed E-state index contributed by atoms with van der Waals surface area (Å²) in [7, 11) is 0. The van der Waals surface area contributed by atoms with Gasteiger partial charge in [0.1, 0.15) is 0 Å². The zero-order valence-electron chi connectivity index (χ0n) is 6.97. The Bertz CT molecular complexity index is 216. The molecule has 1 amide bonds. The second-order valence-electron chi connectivity index (χ2n) is 3.79. The molecule has 1 saturated carbocycles. The summed E-state index contributed by atoms with van der Waals surface area (Å²) in [6, 6.07) is 0.0637. The Morgan fingerprint density at radius 2 is 2.17 bits per heavy atom. The number of amides is 1. The van der Waals surface area contributed by atoms with E-state index in [-0.39, 0.29) is 24.1 Å². The molecule has 1 aliphatic carbocycles. The van der Waals surface area contributed by atoms with E-state index in [1.165, 1.54) is 4.90 Å². The van der Waals surface area contributed by atoms with Gasteiger partial charge in [-0.15, -0.1) is 0 Å². The molecule has 0 spiro atoms. The van der Waals surface area contributed by atoms with E-state index in [0.29, 0.717) is 6.42 Å². The molecule has 1 aliphatic heterocycles. The van der Waals surface area contributed by atoms with Gasteiger partial charge in [0.2, 0.25) is 0 Å². The summed E-state index contributed by atoms with van der Waals surface area (Å²) < 4.78 is 0. The number of hydrogen-bond acceptors (Lipinski definition) is 2. The number of carbonyl (C=O) groups is 1. The molecule has 4 atom stereocenters. The van der Waals surface area contributed by atoms with Gasteiger partial charge in [0.05, 0.1) is 6.10 Å². The molecule has 68 valence electrons. The van der Waals surface area contributed by atoms with Crippen molar-refractivity contribution in [3.05, 3.63) is 0 Å². The molecule has 2 bridgehead atoms. The Morgan fingerprint density at radius 1 is 1.50 bits per heavy atom. The van der Waals surface area contributed by atoms with Crippen molar-refractivity contribution in [2.24, 2.45) is 5.92 Å². The number of aliphatic hydroxyl groups is 1. The second kappa shape index (κ2) is 2.36. The summed E-state index contributed by atoms with van der Waals surface area (Å²) in [4.78, 5) is 12.2. The maximum absolute atomic E-state index is 10.8. The number of fused-ring (bicyclic) bond motifs is 2. The zero-order valence-corrected chi connectivity index (χ0v) is 6.97. The van der Waals surface area contributed by atoms with Crippen LogP contribution in [0.25, 0.3) is 0 Å². The van der Waals surface area contributed by atoms with Crippen LogP contribution in [0.4, 0.5) is 4.79 Å². The summed E-state index contributed by atoms with van der Waals surface area (Å²) in [5.74, 6) is 0.172. The highest BCUT2D eigenvalue weighted by Gasteiger charge is 2.50. The van der Waals surface area contributed by atoms with Crippen molar-refractivity contribution in [2.75, 3.05) is 0 Å². The lowest BCUT2D eigenvalue weighted by Crippen LogP contribution is -2.46. The second-order valence-corrected chi connectivity index (χ2v) is 3.79. The molecule has 0 aromatic carbocycles. The number of likely N-dealkylation sites (tertiary alicyclic amines) is 1. The minimum atomic E-state index is -0.845. The van der Waals surface area contributed by atoms with Crippen LogP contribution in [0.1, 0.15) is 19.8 Å². The minimum Gasteiger partial charge on any atom is -0.465 e. The summed E-state index contributed by atoms with van der Waals surface area (Å²) in [5, 5.41) is 18.3. The van der Waals surface area contributed by atoms with Crippen molar-refractivity contribution in [2.45, 2.75) is 38.0 Å². The third-order valence-corrected chi connectivity index (χ3v) is 3.22. The first kappa shape index (κ1) is 7.86. The van der Waals surface area contributed by atoms with Crippen LogP contribution in [-0.4, -0.2) is 39.4 Å². The van der Waals surface area contributed by atoms with E-state index in [9.17, 15) is 9.90 Å². The molecule has 1 heterocycles. The van der Waals surface area contributed by atoms with E-state index >= 15 is 0 Å². The average Bonchev–Trinajstić information content (AvgIpc) is 2.42. The highest BCUT2D eigenvalue weighted by molar-refractivity contribution is 5.66. The van der Waals surface area contributed by atoms with Crippen LogP contribution in [0.5, 0.6) is 0 Å². The van der Waals surface area contributed by atoms with E-state index in [4.69, 9.17) is 5.11 Å². The lowest BCUT2D eigenvalue weighted by Gasteiger charge is -2.32. The predicted molar refractivity (Wildman–Crippen MR) is 41.8 cm³/mol. The Kier molecular flexibility index (Phi) is 1.54. The molecule has 4 nitrogen and oxygen atoms in total. The van der Waals surface area contributed by atoms with Gasteiger partial charge in [-0.2, -0.15) is 0 Å². The monoisotopic (exact) mass is 171 g/mol. The Balaban J connectivity index is 2.18. The molecular weight excluding hydrogens is 158 g/mol. The first-order chi connectivity index (χ1) is 5.61. The highest BCUT2D eigenvalue weighted by Crippen LogP contribution is 2.42. The maximum atomic E-state index is 10.8. The summed E-state index contributed by atoms with van der Waals surface area (Å²) >= 11 is 0. The lowest BCUT2D eigenvalue weighted by molar-refractivity contribution is 0.0412. The Labute approximate surface area is 70.8 Å². The lowest BCUT2D eigenvalue weighted by atomic mass is 9.98. The average molecular weight is 171 g/mol. The molecule has 0 radical (unpaired) electrons. The molecule has 12 heavy (non-hydrogen) atoms.